The molecule has 0 radical (unpaired) electrons. The van der Waals surface area contributed by atoms with E-state index in [-0.39, 0.29) is 5.43 Å². The molecule has 14 heavy (non-hydrogen) atoms. The number of hydrogen-bond acceptors (Lipinski definition) is 4. The molecule has 0 saturated carbocycles. The molecule has 0 spiro atoms. The van der Waals surface area contributed by atoms with E-state index in [4.69, 9.17) is 0 Å². The zero-order valence-corrected chi connectivity index (χ0v) is 7.84. The highest BCUT2D eigenvalue weighted by atomic mass is 32.1. The molecular weight excluding hydrogens is 198 g/mol. The number of benzene rings is 1. The smallest absolute Gasteiger partial charge is 0.189 e. The molecule has 0 atom stereocenters. The summed E-state index contributed by atoms with van der Waals surface area (Å²) in [6.45, 7) is 0. The fraction of sp³-hybridized carbons (Fsp3) is 0. The Morgan fingerprint density at radius 1 is 1.21 bits per heavy atom. The average molecular weight is 203 g/mol. The van der Waals surface area contributed by atoms with E-state index in [9.17, 15) is 4.79 Å². The lowest BCUT2D eigenvalue weighted by atomic mass is 10.2. The van der Waals surface area contributed by atoms with Crippen LogP contribution in [-0.2, 0) is 0 Å². The van der Waals surface area contributed by atoms with Gasteiger partial charge >= 0.3 is 0 Å². The molecule has 0 unspecified atom stereocenters. The summed E-state index contributed by atoms with van der Waals surface area (Å²) >= 11 is 1.26. The normalized spacial score (nSPS) is 11.1. The van der Waals surface area contributed by atoms with Crippen LogP contribution in [0.3, 0.4) is 0 Å². The topological polar surface area (TPSA) is 58.6 Å². The molecule has 3 aromatic rings. The molecule has 0 bridgehead atoms. The van der Waals surface area contributed by atoms with E-state index in [2.05, 4.69) is 13.7 Å². The van der Waals surface area contributed by atoms with Gasteiger partial charge in [-0.2, -0.15) is 4.37 Å². The van der Waals surface area contributed by atoms with Gasteiger partial charge in [0.05, 0.1) is 10.9 Å². The van der Waals surface area contributed by atoms with Gasteiger partial charge in [-0.15, -0.1) is 0 Å². The summed E-state index contributed by atoms with van der Waals surface area (Å²) in [6.07, 6.45) is 1.52. The number of H-pyrrole nitrogens is 1. The van der Waals surface area contributed by atoms with Gasteiger partial charge in [-0.25, -0.2) is 0 Å². The van der Waals surface area contributed by atoms with Crippen LogP contribution in [0.5, 0.6) is 0 Å². The van der Waals surface area contributed by atoms with Crippen LogP contribution in [0, 0.1) is 0 Å². The van der Waals surface area contributed by atoms with Crippen molar-refractivity contribution in [2.45, 2.75) is 0 Å². The minimum Gasteiger partial charge on any atom is -0.293 e. The fourth-order valence-electron chi connectivity index (χ4n) is 1.47. The van der Waals surface area contributed by atoms with Gasteiger partial charge in [0, 0.05) is 24.0 Å². The Labute approximate surface area is 82.5 Å². The minimum absolute atomic E-state index is 0.00935. The fourth-order valence-corrected chi connectivity index (χ4v) is 2.06. The number of pyridine rings is 1. The lowest BCUT2D eigenvalue weighted by Crippen LogP contribution is -1.99. The van der Waals surface area contributed by atoms with Crippen molar-refractivity contribution in [2.75, 3.05) is 0 Å². The van der Waals surface area contributed by atoms with Crippen molar-refractivity contribution in [1.29, 1.82) is 0 Å². The average Bonchev–Trinajstić information content (AvgIpc) is 2.66. The Bertz CT molecular complexity index is 670. The predicted octanol–water partition coefficient (Wildman–Crippen LogP) is 1.53. The van der Waals surface area contributed by atoms with Crippen LogP contribution in [0.25, 0.3) is 21.9 Å². The first-order valence-electron chi connectivity index (χ1n) is 4.08. The van der Waals surface area contributed by atoms with Crippen LogP contribution in [0.15, 0.2) is 29.2 Å². The molecule has 2 heterocycles. The Kier molecular flexibility index (Phi) is 1.43. The van der Waals surface area contributed by atoms with Crippen molar-refractivity contribution in [1.82, 2.24) is 13.7 Å². The third-order valence-electron chi connectivity index (χ3n) is 2.14. The molecule has 0 fully saturated rings. The molecule has 1 N–H and O–H groups in total. The molecule has 5 heteroatoms. The highest BCUT2D eigenvalue weighted by molar-refractivity contribution is 7.00. The van der Waals surface area contributed by atoms with Gasteiger partial charge in [-0.05, 0) is 12.1 Å². The maximum atomic E-state index is 11.5. The summed E-state index contributed by atoms with van der Waals surface area (Å²) in [5.41, 5.74) is 2.35. The van der Waals surface area contributed by atoms with Crippen LogP contribution < -0.4 is 5.43 Å². The SMILES string of the molecule is O=c1ccnc2c1ccc1[nH]snc12. The Balaban J connectivity index is 2.71. The Morgan fingerprint density at radius 2 is 2.14 bits per heavy atom. The molecular formula is C9H5N3OS. The van der Waals surface area contributed by atoms with Crippen molar-refractivity contribution in [3.63, 3.8) is 0 Å². The first-order valence-corrected chi connectivity index (χ1v) is 4.85. The highest BCUT2D eigenvalue weighted by Gasteiger charge is 2.05. The summed E-state index contributed by atoms with van der Waals surface area (Å²) in [6, 6.07) is 5.09. The van der Waals surface area contributed by atoms with E-state index in [0.717, 1.165) is 11.0 Å². The van der Waals surface area contributed by atoms with Crippen LogP contribution in [0.2, 0.25) is 0 Å². The molecule has 2 aromatic heterocycles. The summed E-state index contributed by atoms with van der Waals surface area (Å²) in [5, 5.41) is 0.624. The highest BCUT2D eigenvalue weighted by Crippen LogP contribution is 2.18. The first-order chi connectivity index (χ1) is 6.86. The molecule has 0 aliphatic heterocycles. The quantitative estimate of drug-likeness (QED) is 0.602. The molecule has 0 amide bonds. The number of hydrogen-bond donors (Lipinski definition) is 1. The van der Waals surface area contributed by atoms with Gasteiger partial charge in [0.15, 0.2) is 5.43 Å². The molecule has 0 saturated heterocycles. The van der Waals surface area contributed by atoms with Crippen molar-refractivity contribution < 1.29 is 0 Å². The molecule has 68 valence electrons. The standard InChI is InChI=1S/C9H5N3OS/c13-7-3-4-10-8-5(7)1-2-6-9(8)12-14-11-6/h1-4,11H. The number of aromatic amines is 1. The molecule has 0 aliphatic rings. The summed E-state index contributed by atoms with van der Waals surface area (Å²) in [7, 11) is 0. The van der Waals surface area contributed by atoms with Crippen molar-refractivity contribution >= 4 is 33.7 Å². The van der Waals surface area contributed by atoms with E-state index >= 15 is 0 Å². The van der Waals surface area contributed by atoms with Crippen LogP contribution in [-0.4, -0.2) is 13.7 Å². The summed E-state index contributed by atoms with van der Waals surface area (Å²) < 4.78 is 7.19. The number of fused-ring (bicyclic) bond motifs is 3. The number of nitrogens with one attached hydrogen (secondary N) is 1. The first kappa shape index (κ1) is 7.64. The second-order valence-corrected chi connectivity index (χ2v) is 3.52. The maximum absolute atomic E-state index is 11.5. The largest absolute Gasteiger partial charge is 0.293 e. The van der Waals surface area contributed by atoms with Crippen molar-refractivity contribution in [2.24, 2.45) is 0 Å². The van der Waals surface area contributed by atoms with Crippen LogP contribution in [0.1, 0.15) is 0 Å². The van der Waals surface area contributed by atoms with Gasteiger partial charge in [0.2, 0.25) is 0 Å². The van der Waals surface area contributed by atoms with E-state index in [1.54, 1.807) is 6.07 Å². The second-order valence-electron chi connectivity index (χ2n) is 2.95. The van der Waals surface area contributed by atoms with Crippen molar-refractivity contribution in [3.05, 3.63) is 34.6 Å². The van der Waals surface area contributed by atoms with Gasteiger partial charge in [-0.1, -0.05) is 0 Å². The minimum atomic E-state index is -0.00935. The Morgan fingerprint density at radius 3 is 3.07 bits per heavy atom. The lowest BCUT2D eigenvalue weighted by Gasteiger charge is -1.94. The van der Waals surface area contributed by atoms with Crippen LogP contribution in [0.4, 0.5) is 0 Å². The summed E-state index contributed by atoms with van der Waals surface area (Å²) in [5.74, 6) is 0. The van der Waals surface area contributed by atoms with E-state index in [1.165, 1.54) is 24.0 Å². The van der Waals surface area contributed by atoms with Gasteiger partial charge in [-0.3, -0.25) is 14.2 Å². The second kappa shape index (κ2) is 2.62. The molecule has 3 rings (SSSR count). The number of nitrogens with zero attached hydrogens (tertiary/aromatic N) is 2. The zero-order valence-electron chi connectivity index (χ0n) is 7.02. The number of aromatic nitrogens is 3. The third-order valence-corrected chi connectivity index (χ3v) is 2.72. The van der Waals surface area contributed by atoms with Crippen LogP contribution >= 0.6 is 11.7 Å². The van der Waals surface area contributed by atoms with Gasteiger partial charge in [0.25, 0.3) is 0 Å². The van der Waals surface area contributed by atoms with Gasteiger partial charge < -0.3 is 0 Å². The third kappa shape index (κ3) is 0.898. The zero-order chi connectivity index (χ0) is 9.54. The molecule has 0 aliphatic carbocycles. The lowest BCUT2D eigenvalue weighted by molar-refractivity contribution is 1.40. The Hall–Kier alpha value is -1.75. The molecule has 4 nitrogen and oxygen atoms in total. The monoisotopic (exact) mass is 203 g/mol. The van der Waals surface area contributed by atoms with E-state index in [1.807, 2.05) is 6.07 Å². The summed E-state index contributed by atoms with van der Waals surface area (Å²) in [4.78, 5) is 15.6. The molecule has 1 aromatic carbocycles. The number of rotatable bonds is 0. The van der Waals surface area contributed by atoms with E-state index in [0.29, 0.717) is 10.9 Å². The maximum Gasteiger partial charge on any atom is 0.189 e. The predicted molar refractivity (Wildman–Crippen MR) is 55.5 cm³/mol. The van der Waals surface area contributed by atoms with Crippen molar-refractivity contribution in [3.8, 4) is 0 Å². The van der Waals surface area contributed by atoms with Gasteiger partial charge in [0.1, 0.15) is 11.0 Å². The van der Waals surface area contributed by atoms with E-state index < -0.39 is 0 Å².